The number of sulfonamides is 1. The summed E-state index contributed by atoms with van der Waals surface area (Å²) in [5.74, 6) is 0.334. The molecule has 0 aliphatic heterocycles. The molecule has 0 radical (unpaired) electrons. The summed E-state index contributed by atoms with van der Waals surface area (Å²) in [5.41, 5.74) is 7.68. The lowest BCUT2D eigenvalue weighted by Gasteiger charge is -2.11. The van der Waals surface area contributed by atoms with Gasteiger partial charge in [-0.05, 0) is 36.2 Å². The molecule has 0 spiro atoms. The summed E-state index contributed by atoms with van der Waals surface area (Å²) in [7, 11) is -2.23. The topological polar surface area (TPSA) is 81.4 Å². The van der Waals surface area contributed by atoms with E-state index in [1.807, 2.05) is 25.1 Å². The quantitative estimate of drug-likeness (QED) is 0.832. The van der Waals surface area contributed by atoms with Crippen molar-refractivity contribution >= 4 is 21.4 Å². The van der Waals surface area contributed by atoms with Crippen molar-refractivity contribution in [3.63, 3.8) is 0 Å². The smallest absolute Gasteiger partial charge is 0.262 e. The second-order valence-electron chi connectivity index (χ2n) is 4.56. The minimum atomic E-state index is -3.67. The third-order valence-electron chi connectivity index (χ3n) is 3.10. The number of benzene rings is 2. The molecule has 6 heteroatoms. The van der Waals surface area contributed by atoms with E-state index in [-0.39, 0.29) is 4.90 Å². The average Bonchev–Trinajstić information content (AvgIpc) is 2.47. The maximum absolute atomic E-state index is 12.4. The van der Waals surface area contributed by atoms with Crippen molar-refractivity contribution in [2.24, 2.45) is 0 Å². The second kappa shape index (κ2) is 6.05. The van der Waals surface area contributed by atoms with Crippen LogP contribution in [0, 0.1) is 0 Å². The number of nitrogen functional groups attached to an aromatic ring is 1. The molecule has 0 unspecified atom stereocenters. The molecule has 3 N–H and O–H groups in total. The molecule has 0 aromatic heterocycles. The Balaban J connectivity index is 2.33. The fraction of sp³-hybridized carbons (Fsp3) is 0.200. The first-order valence-electron chi connectivity index (χ1n) is 6.51. The zero-order valence-electron chi connectivity index (χ0n) is 12.0. The first kappa shape index (κ1) is 15.2. The molecule has 0 atom stereocenters. The van der Waals surface area contributed by atoms with Gasteiger partial charge in [0, 0.05) is 11.8 Å². The molecule has 0 aliphatic carbocycles. The van der Waals surface area contributed by atoms with Gasteiger partial charge in [0.2, 0.25) is 0 Å². The lowest BCUT2D eigenvalue weighted by Crippen LogP contribution is -2.13. The molecule has 0 amide bonds. The van der Waals surface area contributed by atoms with Crippen LogP contribution in [-0.4, -0.2) is 15.5 Å². The third kappa shape index (κ3) is 3.46. The molecule has 21 heavy (non-hydrogen) atoms. The Hall–Kier alpha value is -2.21. The SMILES string of the molecule is CCc1cccc(NS(=O)(=O)c2ccc(N)c(OC)c2)c1. The van der Waals surface area contributed by atoms with Crippen molar-refractivity contribution in [2.75, 3.05) is 17.6 Å². The van der Waals surface area contributed by atoms with Gasteiger partial charge in [0.05, 0.1) is 17.7 Å². The van der Waals surface area contributed by atoms with Gasteiger partial charge in [-0.25, -0.2) is 8.42 Å². The standard InChI is InChI=1S/C15H18N2O3S/c1-3-11-5-4-6-12(9-11)17-21(18,19)13-7-8-14(16)15(10-13)20-2/h4-10,17H,3,16H2,1-2H3. The van der Waals surface area contributed by atoms with Crippen molar-refractivity contribution < 1.29 is 13.2 Å². The average molecular weight is 306 g/mol. The number of aryl methyl sites for hydroxylation is 1. The molecule has 0 fully saturated rings. The van der Waals surface area contributed by atoms with Gasteiger partial charge >= 0.3 is 0 Å². The van der Waals surface area contributed by atoms with Gasteiger partial charge in [0.15, 0.2) is 0 Å². The summed E-state index contributed by atoms with van der Waals surface area (Å²) in [6, 6.07) is 11.7. The van der Waals surface area contributed by atoms with Gasteiger partial charge in [-0.1, -0.05) is 19.1 Å². The van der Waals surface area contributed by atoms with E-state index in [0.29, 0.717) is 17.1 Å². The van der Waals surface area contributed by atoms with E-state index in [1.165, 1.54) is 25.3 Å². The molecule has 0 bridgehead atoms. The molecular formula is C15H18N2O3S. The zero-order chi connectivity index (χ0) is 15.5. The summed E-state index contributed by atoms with van der Waals surface area (Å²) in [6.45, 7) is 2.01. The van der Waals surface area contributed by atoms with E-state index >= 15 is 0 Å². The van der Waals surface area contributed by atoms with Crippen LogP contribution in [0.1, 0.15) is 12.5 Å². The Kier molecular flexibility index (Phi) is 4.37. The fourth-order valence-corrected chi connectivity index (χ4v) is 2.99. The molecule has 0 saturated heterocycles. The normalized spacial score (nSPS) is 11.1. The number of rotatable bonds is 5. The fourth-order valence-electron chi connectivity index (χ4n) is 1.93. The minimum Gasteiger partial charge on any atom is -0.495 e. The van der Waals surface area contributed by atoms with Gasteiger partial charge in [-0.15, -0.1) is 0 Å². The van der Waals surface area contributed by atoms with Crippen molar-refractivity contribution in [2.45, 2.75) is 18.2 Å². The summed E-state index contributed by atoms with van der Waals surface area (Å²) in [4.78, 5) is 0.107. The van der Waals surface area contributed by atoms with Crippen LogP contribution in [0.2, 0.25) is 0 Å². The summed E-state index contributed by atoms with van der Waals surface area (Å²) in [6.07, 6.45) is 0.839. The van der Waals surface area contributed by atoms with E-state index < -0.39 is 10.0 Å². The number of nitrogens with one attached hydrogen (secondary N) is 1. The van der Waals surface area contributed by atoms with Crippen LogP contribution in [0.3, 0.4) is 0 Å². The van der Waals surface area contributed by atoms with Gasteiger partial charge < -0.3 is 10.5 Å². The van der Waals surface area contributed by atoms with E-state index in [0.717, 1.165) is 12.0 Å². The van der Waals surface area contributed by atoms with E-state index in [4.69, 9.17) is 10.5 Å². The lowest BCUT2D eigenvalue weighted by molar-refractivity contribution is 0.415. The van der Waals surface area contributed by atoms with E-state index in [9.17, 15) is 8.42 Å². The number of anilines is 2. The van der Waals surface area contributed by atoms with Crippen molar-refractivity contribution in [1.29, 1.82) is 0 Å². The number of ether oxygens (including phenoxy) is 1. The minimum absolute atomic E-state index is 0.107. The highest BCUT2D eigenvalue weighted by molar-refractivity contribution is 7.92. The van der Waals surface area contributed by atoms with Gasteiger partial charge in [-0.2, -0.15) is 0 Å². The maximum atomic E-state index is 12.4. The van der Waals surface area contributed by atoms with Crippen LogP contribution in [0.15, 0.2) is 47.4 Å². The first-order valence-corrected chi connectivity index (χ1v) is 8.00. The third-order valence-corrected chi connectivity index (χ3v) is 4.48. The van der Waals surface area contributed by atoms with E-state index in [1.54, 1.807) is 6.07 Å². The monoisotopic (exact) mass is 306 g/mol. The Morgan fingerprint density at radius 2 is 1.95 bits per heavy atom. The van der Waals surface area contributed by atoms with Crippen molar-refractivity contribution in [1.82, 2.24) is 0 Å². The van der Waals surface area contributed by atoms with Crippen LogP contribution in [-0.2, 0) is 16.4 Å². The van der Waals surface area contributed by atoms with Gasteiger partial charge in [0.1, 0.15) is 5.75 Å². The Bertz CT molecular complexity index is 742. The highest BCUT2D eigenvalue weighted by atomic mass is 32.2. The second-order valence-corrected chi connectivity index (χ2v) is 6.25. The molecule has 2 aromatic rings. The number of methoxy groups -OCH3 is 1. The predicted molar refractivity (Wildman–Crippen MR) is 84.0 cm³/mol. The number of nitrogens with two attached hydrogens (primary N) is 1. The molecule has 112 valence electrons. The zero-order valence-corrected chi connectivity index (χ0v) is 12.8. The number of hydrogen-bond donors (Lipinski definition) is 2. The van der Waals surface area contributed by atoms with Crippen LogP contribution in [0.4, 0.5) is 11.4 Å². The van der Waals surface area contributed by atoms with Crippen LogP contribution >= 0.6 is 0 Å². The molecular weight excluding hydrogens is 288 g/mol. The van der Waals surface area contributed by atoms with Crippen molar-refractivity contribution in [3.8, 4) is 5.75 Å². The van der Waals surface area contributed by atoms with Crippen LogP contribution in [0.25, 0.3) is 0 Å². The molecule has 5 nitrogen and oxygen atoms in total. The van der Waals surface area contributed by atoms with Crippen LogP contribution in [0.5, 0.6) is 5.75 Å². The Labute approximate surface area is 124 Å². The lowest BCUT2D eigenvalue weighted by atomic mass is 10.1. The van der Waals surface area contributed by atoms with Gasteiger partial charge in [-0.3, -0.25) is 4.72 Å². The largest absolute Gasteiger partial charge is 0.495 e. The Morgan fingerprint density at radius 3 is 2.62 bits per heavy atom. The molecule has 0 saturated carbocycles. The van der Waals surface area contributed by atoms with Crippen molar-refractivity contribution in [3.05, 3.63) is 48.0 Å². The highest BCUT2D eigenvalue weighted by Gasteiger charge is 2.16. The summed E-state index contributed by atoms with van der Waals surface area (Å²) in [5, 5.41) is 0. The predicted octanol–water partition coefficient (Wildman–Crippen LogP) is 2.64. The summed E-state index contributed by atoms with van der Waals surface area (Å²) < 4.78 is 32.4. The molecule has 0 heterocycles. The molecule has 2 aromatic carbocycles. The van der Waals surface area contributed by atoms with Crippen LogP contribution < -0.4 is 15.2 Å². The maximum Gasteiger partial charge on any atom is 0.262 e. The van der Waals surface area contributed by atoms with Gasteiger partial charge in [0.25, 0.3) is 10.0 Å². The summed E-state index contributed by atoms with van der Waals surface area (Å²) >= 11 is 0. The van der Waals surface area contributed by atoms with E-state index in [2.05, 4.69) is 4.72 Å². The highest BCUT2D eigenvalue weighted by Crippen LogP contribution is 2.26. The molecule has 2 rings (SSSR count). The number of hydrogen-bond acceptors (Lipinski definition) is 4. The molecule has 0 aliphatic rings. The first-order chi connectivity index (χ1) is 9.96. The Morgan fingerprint density at radius 1 is 1.19 bits per heavy atom.